The highest BCUT2D eigenvalue weighted by atomic mass is 16.5. The molecule has 1 aromatic rings. The van der Waals surface area contributed by atoms with Crippen molar-refractivity contribution in [3.05, 3.63) is 11.9 Å². The van der Waals surface area contributed by atoms with E-state index in [0.717, 1.165) is 0 Å². The third kappa shape index (κ3) is 4.78. The quantitative estimate of drug-likeness (QED) is 0.418. The van der Waals surface area contributed by atoms with Crippen LogP contribution in [0.5, 0.6) is 0 Å². The Labute approximate surface area is 124 Å². The Morgan fingerprint density at radius 1 is 1.38 bits per heavy atom. The van der Waals surface area contributed by atoms with Crippen LogP contribution in [0.25, 0.3) is 0 Å². The van der Waals surface area contributed by atoms with Crippen molar-refractivity contribution in [2.45, 2.75) is 32.0 Å². The number of nitrogens with zero attached hydrogens (tertiary/aromatic N) is 2. The second-order valence-electron chi connectivity index (χ2n) is 5.03. The van der Waals surface area contributed by atoms with Crippen LogP contribution in [-0.4, -0.2) is 47.0 Å². The molecule has 1 aliphatic rings. The third-order valence-corrected chi connectivity index (χ3v) is 3.38. The van der Waals surface area contributed by atoms with Crippen LogP contribution in [0, 0.1) is 0 Å². The Kier molecular flexibility index (Phi) is 5.68. The van der Waals surface area contributed by atoms with Crippen molar-refractivity contribution in [2.75, 3.05) is 37.1 Å². The summed E-state index contributed by atoms with van der Waals surface area (Å²) in [5.74, 6) is 7.05. The molecule has 8 heteroatoms. The van der Waals surface area contributed by atoms with Crippen molar-refractivity contribution < 1.29 is 14.6 Å². The minimum atomic E-state index is -0.764. The van der Waals surface area contributed by atoms with Gasteiger partial charge < -0.3 is 25.3 Å². The average Bonchev–Trinajstić information content (AvgIpc) is 2.51. The first kappa shape index (κ1) is 15.9. The van der Waals surface area contributed by atoms with E-state index in [9.17, 15) is 5.11 Å². The number of anilines is 2. The number of hydrogen-bond acceptors (Lipinski definition) is 8. The maximum atomic E-state index is 10.4. The Morgan fingerprint density at radius 3 is 2.76 bits per heavy atom. The average molecular weight is 297 g/mol. The van der Waals surface area contributed by atoms with Gasteiger partial charge in [-0.15, -0.1) is 0 Å². The maximum absolute atomic E-state index is 10.4. The van der Waals surface area contributed by atoms with Crippen LogP contribution in [-0.2, 0) is 16.1 Å². The second-order valence-corrected chi connectivity index (χ2v) is 5.03. The van der Waals surface area contributed by atoms with E-state index >= 15 is 0 Å². The van der Waals surface area contributed by atoms with Gasteiger partial charge in [0.25, 0.3) is 0 Å². The fourth-order valence-electron chi connectivity index (χ4n) is 2.10. The molecule has 0 saturated carbocycles. The zero-order valence-corrected chi connectivity index (χ0v) is 12.3. The molecule has 1 aromatic heterocycles. The molecule has 0 amide bonds. The van der Waals surface area contributed by atoms with E-state index in [4.69, 9.17) is 15.3 Å². The minimum Gasteiger partial charge on any atom is -0.388 e. The van der Waals surface area contributed by atoms with E-state index in [1.807, 2.05) is 6.92 Å². The number of nitrogens with one attached hydrogen (secondary N) is 2. The van der Waals surface area contributed by atoms with Gasteiger partial charge in [0.2, 0.25) is 0 Å². The van der Waals surface area contributed by atoms with Crippen molar-refractivity contribution >= 4 is 11.6 Å². The summed E-state index contributed by atoms with van der Waals surface area (Å²) in [7, 11) is 0. The highest BCUT2D eigenvalue weighted by molar-refractivity contribution is 5.47. The summed E-state index contributed by atoms with van der Waals surface area (Å²) in [5, 5.41) is 13.6. The summed E-state index contributed by atoms with van der Waals surface area (Å²) in [4.78, 5) is 8.56. The van der Waals surface area contributed by atoms with Crippen molar-refractivity contribution in [1.82, 2.24) is 9.97 Å². The highest BCUT2D eigenvalue weighted by Gasteiger charge is 2.29. The van der Waals surface area contributed by atoms with E-state index in [2.05, 4.69) is 20.7 Å². The number of rotatable bonds is 7. The Balaban J connectivity index is 2.00. The van der Waals surface area contributed by atoms with Crippen LogP contribution in [0.4, 0.5) is 11.6 Å². The van der Waals surface area contributed by atoms with Gasteiger partial charge in [0, 0.05) is 45.3 Å². The number of aliphatic hydroxyl groups is 1. The number of aromatic nitrogens is 2. The predicted molar refractivity (Wildman–Crippen MR) is 78.7 cm³/mol. The number of hydrazine groups is 1. The van der Waals surface area contributed by atoms with Gasteiger partial charge in [-0.05, 0) is 6.92 Å². The van der Waals surface area contributed by atoms with Crippen molar-refractivity contribution in [3.8, 4) is 0 Å². The summed E-state index contributed by atoms with van der Waals surface area (Å²) in [6.45, 7) is 4.38. The lowest BCUT2D eigenvalue weighted by atomic mass is 9.94. The first-order valence-corrected chi connectivity index (χ1v) is 7.11. The largest absolute Gasteiger partial charge is 0.388 e. The molecule has 0 spiro atoms. The smallest absolute Gasteiger partial charge is 0.158 e. The topological polar surface area (TPSA) is 115 Å². The Hall–Kier alpha value is -1.48. The van der Waals surface area contributed by atoms with Crippen LogP contribution >= 0.6 is 0 Å². The lowest BCUT2D eigenvalue weighted by Crippen LogP contribution is -2.42. The molecular formula is C13H23N5O3. The van der Waals surface area contributed by atoms with Gasteiger partial charge in [0.15, 0.2) is 5.82 Å². The number of hydrogen-bond donors (Lipinski definition) is 4. The first-order valence-electron chi connectivity index (χ1n) is 7.11. The molecule has 1 saturated heterocycles. The van der Waals surface area contributed by atoms with E-state index in [1.54, 1.807) is 6.07 Å². The number of nitrogen functional groups attached to an aromatic ring is 1. The molecule has 1 aliphatic heterocycles. The zero-order valence-electron chi connectivity index (χ0n) is 12.3. The molecule has 0 aromatic carbocycles. The molecule has 0 radical (unpaired) electrons. The maximum Gasteiger partial charge on any atom is 0.158 e. The van der Waals surface area contributed by atoms with Crippen LogP contribution in [0.1, 0.15) is 25.6 Å². The monoisotopic (exact) mass is 297 g/mol. The molecule has 2 rings (SSSR count). The standard InChI is InChI=1S/C13H23N5O3/c1-2-20-8-12-16-10(7-11(17-12)18-14)15-9-13(19)3-5-21-6-4-13/h7,19H,2-6,8-9,14H2,1H3,(H2,15,16,17,18). The molecule has 2 heterocycles. The minimum absolute atomic E-state index is 0.318. The van der Waals surface area contributed by atoms with Gasteiger partial charge in [0.1, 0.15) is 18.2 Å². The van der Waals surface area contributed by atoms with E-state index in [0.29, 0.717) is 63.3 Å². The zero-order chi connectivity index (χ0) is 15.1. The Morgan fingerprint density at radius 2 is 2.10 bits per heavy atom. The van der Waals surface area contributed by atoms with Gasteiger partial charge in [0.05, 0.1) is 5.60 Å². The predicted octanol–water partition coefficient (Wildman–Crippen LogP) is 0.252. The fourth-order valence-corrected chi connectivity index (χ4v) is 2.10. The molecule has 5 N–H and O–H groups in total. The van der Waals surface area contributed by atoms with Crippen LogP contribution < -0.4 is 16.6 Å². The molecule has 0 atom stereocenters. The second kappa shape index (κ2) is 7.51. The SMILES string of the molecule is CCOCc1nc(NN)cc(NCC2(O)CCOCC2)n1. The number of ether oxygens (including phenoxy) is 2. The lowest BCUT2D eigenvalue weighted by molar-refractivity contribution is -0.0543. The molecule has 118 valence electrons. The van der Waals surface area contributed by atoms with Crippen molar-refractivity contribution in [3.63, 3.8) is 0 Å². The molecule has 1 fully saturated rings. The van der Waals surface area contributed by atoms with Gasteiger partial charge in [-0.3, -0.25) is 0 Å². The van der Waals surface area contributed by atoms with Gasteiger partial charge >= 0.3 is 0 Å². The van der Waals surface area contributed by atoms with Crippen LogP contribution in [0.3, 0.4) is 0 Å². The van der Waals surface area contributed by atoms with Gasteiger partial charge in [-0.25, -0.2) is 15.8 Å². The van der Waals surface area contributed by atoms with Gasteiger partial charge in [-0.1, -0.05) is 0 Å². The van der Waals surface area contributed by atoms with Crippen LogP contribution in [0.2, 0.25) is 0 Å². The molecule has 8 nitrogen and oxygen atoms in total. The first-order chi connectivity index (χ1) is 10.1. The number of nitrogens with two attached hydrogens (primary N) is 1. The van der Waals surface area contributed by atoms with Gasteiger partial charge in [-0.2, -0.15) is 0 Å². The lowest BCUT2D eigenvalue weighted by Gasteiger charge is -2.32. The molecule has 0 aliphatic carbocycles. The summed E-state index contributed by atoms with van der Waals surface area (Å²) in [6, 6.07) is 1.69. The molecular weight excluding hydrogens is 274 g/mol. The summed E-state index contributed by atoms with van der Waals surface area (Å²) < 4.78 is 10.6. The van der Waals surface area contributed by atoms with E-state index in [1.165, 1.54) is 0 Å². The summed E-state index contributed by atoms with van der Waals surface area (Å²) in [6.07, 6.45) is 1.22. The van der Waals surface area contributed by atoms with E-state index < -0.39 is 5.60 Å². The summed E-state index contributed by atoms with van der Waals surface area (Å²) >= 11 is 0. The highest BCUT2D eigenvalue weighted by Crippen LogP contribution is 2.21. The van der Waals surface area contributed by atoms with Crippen molar-refractivity contribution in [1.29, 1.82) is 0 Å². The Bertz CT molecular complexity index is 451. The molecule has 0 bridgehead atoms. The van der Waals surface area contributed by atoms with Crippen molar-refractivity contribution in [2.24, 2.45) is 5.84 Å². The molecule has 0 unspecified atom stereocenters. The van der Waals surface area contributed by atoms with Crippen LogP contribution in [0.15, 0.2) is 6.07 Å². The fraction of sp³-hybridized carbons (Fsp3) is 0.692. The summed E-state index contributed by atoms with van der Waals surface area (Å²) in [5.41, 5.74) is 1.74. The normalized spacial score (nSPS) is 17.5. The molecule has 21 heavy (non-hydrogen) atoms. The van der Waals surface area contributed by atoms with E-state index in [-0.39, 0.29) is 0 Å². The third-order valence-electron chi connectivity index (χ3n) is 3.38.